The van der Waals surface area contributed by atoms with Crippen molar-refractivity contribution in [2.24, 2.45) is 23.7 Å². The van der Waals surface area contributed by atoms with Crippen LogP contribution >= 0.6 is 11.6 Å². The number of amides is 1. The molecule has 4 aliphatic rings. The maximum Gasteiger partial charge on any atom is 0.229 e. The minimum absolute atomic E-state index is 0.00732. The Bertz CT molecular complexity index is 928. The molecule has 5 heteroatoms. The second kappa shape index (κ2) is 7.81. The molecule has 0 aromatic heterocycles. The van der Waals surface area contributed by atoms with E-state index in [0.717, 1.165) is 31.2 Å². The molecular weight excluding hydrogens is 398 g/mol. The topological polar surface area (TPSA) is 54.5 Å². The van der Waals surface area contributed by atoms with Gasteiger partial charge >= 0.3 is 0 Å². The molecule has 3 aliphatic carbocycles. The molecular formula is C25H26ClNO3. The number of β-lactam (4-membered cyclic amide) rings is 1. The van der Waals surface area contributed by atoms with Crippen molar-refractivity contribution in [2.45, 2.75) is 50.6 Å². The van der Waals surface area contributed by atoms with Crippen molar-refractivity contribution in [3.8, 4) is 0 Å². The predicted molar refractivity (Wildman–Crippen MR) is 115 cm³/mol. The predicted octanol–water partition coefficient (Wildman–Crippen LogP) is 4.69. The Morgan fingerprint density at radius 1 is 0.867 bits per heavy atom. The van der Waals surface area contributed by atoms with Gasteiger partial charge in [0.1, 0.15) is 0 Å². The van der Waals surface area contributed by atoms with E-state index in [-0.39, 0.29) is 47.3 Å². The second-order valence-electron chi connectivity index (χ2n) is 9.07. The van der Waals surface area contributed by atoms with Crippen LogP contribution in [0.1, 0.15) is 50.1 Å². The van der Waals surface area contributed by atoms with Gasteiger partial charge in [0.15, 0.2) is 11.6 Å². The third-order valence-electron chi connectivity index (χ3n) is 7.48. The van der Waals surface area contributed by atoms with Gasteiger partial charge in [0.05, 0.1) is 12.0 Å². The fraction of sp³-hybridized carbons (Fsp3) is 0.480. The van der Waals surface area contributed by atoms with Crippen LogP contribution in [0.2, 0.25) is 5.02 Å². The summed E-state index contributed by atoms with van der Waals surface area (Å²) in [7, 11) is 0. The largest absolute Gasteiger partial charge is 0.332 e. The van der Waals surface area contributed by atoms with Crippen LogP contribution in [0.5, 0.6) is 0 Å². The van der Waals surface area contributed by atoms with E-state index >= 15 is 0 Å². The summed E-state index contributed by atoms with van der Waals surface area (Å²) in [5.74, 6) is -1.18. The van der Waals surface area contributed by atoms with Gasteiger partial charge in [0, 0.05) is 28.8 Å². The van der Waals surface area contributed by atoms with Crippen LogP contribution in [0.3, 0.4) is 0 Å². The lowest BCUT2D eigenvalue weighted by molar-refractivity contribution is -0.169. The van der Waals surface area contributed by atoms with Gasteiger partial charge in [-0.1, -0.05) is 55.1 Å². The minimum Gasteiger partial charge on any atom is -0.332 e. The average molecular weight is 424 g/mol. The van der Waals surface area contributed by atoms with Crippen LogP contribution < -0.4 is 0 Å². The van der Waals surface area contributed by atoms with Gasteiger partial charge in [0.25, 0.3) is 0 Å². The Morgan fingerprint density at radius 2 is 1.57 bits per heavy atom. The van der Waals surface area contributed by atoms with E-state index in [9.17, 15) is 14.4 Å². The van der Waals surface area contributed by atoms with Gasteiger partial charge in [-0.2, -0.15) is 0 Å². The molecule has 0 unspecified atom stereocenters. The molecule has 0 bridgehead atoms. The zero-order valence-corrected chi connectivity index (χ0v) is 17.6. The Hall–Kier alpha value is -2.20. The standard InChI is InChI=1S/C25H26ClNO3/c26-16-11-9-15(10-12-16)24-23(25(30)27(24)17-5-2-1-3-6-17)19-8-4-7-18-20(28)13-14-21(29)22(18)19/h4,8-14,17-19,22-24H,1-3,5-7H2/t18-,19-,22+,23-,24+/m0/s1. The first-order chi connectivity index (χ1) is 14.6. The molecule has 0 spiro atoms. The first-order valence-electron chi connectivity index (χ1n) is 11.1. The highest BCUT2D eigenvalue weighted by Crippen LogP contribution is 2.52. The fourth-order valence-electron chi connectivity index (χ4n) is 6.04. The summed E-state index contributed by atoms with van der Waals surface area (Å²) >= 11 is 6.12. The van der Waals surface area contributed by atoms with Crippen molar-refractivity contribution in [1.82, 2.24) is 4.90 Å². The summed E-state index contributed by atoms with van der Waals surface area (Å²) in [6.45, 7) is 0. The molecule has 1 heterocycles. The Kier molecular flexibility index (Phi) is 5.14. The monoisotopic (exact) mass is 423 g/mol. The summed E-state index contributed by atoms with van der Waals surface area (Å²) < 4.78 is 0. The van der Waals surface area contributed by atoms with Gasteiger partial charge < -0.3 is 4.90 Å². The molecule has 1 aromatic rings. The van der Waals surface area contributed by atoms with Crippen molar-refractivity contribution >= 4 is 29.1 Å². The van der Waals surface area contributed by atoms with Gasteiger partial charge in [-0.05, 0) is 49.1 Å². The van der Waals surface area contributed by atoms with Crippen LogP contribution in [0.15, 0.2) is 48.6 Å². The minimum atomic E-state index is -0.426. The number of carbonyl (C=O) groups excluding carboxylic acids is 3. The first-order valence-corrected chi connectivity index (χ1v) is 11.4. The maximum absolute atomic E-state index is 13.5. The van der Waals surface area contributed by atoms with E-state index < -0.39 is 5.92 Å². The van der Waals surface area contributed by atoms with E-state index in [2.05, 4.69) is 4.90 Å². The summed E-state index contributed by atoms with van der Waals surface area (Å²) in [5.41, 5.74) is 1.07. The molecule has 5 rings (SSSR count). The van der Waals surface area contributed by atoms with Crippen molar-refractivity contribution in [2.75, 3.05) is 0 Å². The summed E-state index contributed by atoms with van der Waals surface area (Å²) in [6, 6.07) is 7.93. The quantitative estimate of drug-likeness (QED) is 0.523. The number of halogens is 1. The lowest BCUT2D eigenvalue weighted by Crippen LogP contribution is -2.63. The number of benzene rings is 1. The molecule has 5 atom stereocenters. The van der Waals surface area contributed by atoms with E-state index in [4.69, 9.17) is 11.6 Å². The molecule has 156 valence electrons. The Morgan fingerprint density at radius 3 is 2.30 bits per heavy atom. The number of fused-ring (bicyclic) bond motifs is 1. The van der Waals surface area contributed by atoms with Crippen LogP contribution in [-0.2, 0) is 14.4 Å². The van der Waals surface area contributed by atoms with Gasteiger partial charge in [0.2, 0.25) is 5.91 Å². The Labute approximate surface area is 182 Å². The molecule has 4 nitrogen and oxygen atoms in total. The van der Waals surface area contributed by atoms with Crippen LogP contribution in [0.25, 0.3) is 0 Å². The highest BCUT2D eigenvalue weighted by Gasteiger charge is 2.57. The van der Waals surface area contributed by atoms with Crippen molar-refractivity contribution in [3.63, 3.8) is 0 Å². The molecule has 1 amide bonds. The third kappa shape index (κ3) is 3.17. The van der Waals surface area contributed by atoms with Crippen molar-refractivity contribution < 1.29 is 14.4 Å². The van der Waals surface area contributed by atoms with Crippen LogP contribution in [0, 0.1) is 23.7 Å². The summed E-state index contributed by atoms with van der Waals surface area (Å²) in [6.07, 6.45) is 13.0. The molecule has 1 saturated carbocycles. The highest BCUT2D eigenvalue weighted by atomic mass is 35.5. The van der Waals surface area contributed by atoms with Gasteiger partial charge in [-0.25, -0.2) is 0 Å². The van der Waals surface area contributed by atoms with Crippen molar-refractivity contribution in [3.05, 3.63) is 59.2 Å². The number of hydrogen-bond donors (Lipinski definition) is 0. The van der Waals surface area contributed by atoms with Crippen molar-refractivity contribution in [1.29, 1.82) is 0 Å². The third-order valence-corrected chi connectivity index (χ3v) is 7.73. The lowest BCUT2D eigenvalue weighted by Gasteiger charge is -2.56. The van der Waals surface area contributed by atoms with Gasteiger partial charge in [-0.3, -0.25) is 14.4 Å². The molecule has 1 aromatic carbocycles. The smallest absolute Gasteiger partial charge is 0.229 e. The Balaban J connectivity index is 1.52. The zero-order valence-electron chi connectivity index (χ0n) is 16.9. The molecule has 1 aliphatic heterocycles. The normalized spacial score (nSPS) is 34.1. The summed E-state index contributed by atoms with van der Waals surface area (Å²) in [4.78, 5) is 40.8. The molecule has 0 N–H and O–H groups in total. The highest BCUT2D eigenvalue weighted by molar-refractivity contribution is 6.30. The number of allylic oxidation sites excluding steroid dienone is 4. The lowest BCUT2D eigenvalue weighted by atomic mass is 9.60. The molecule has 2 fully saturated rings. The average Bonchev–Trinajstić information content (AvgIpc) is 2.76. The van der Waals surface area contributed by atoms with Crippen LogP contribution in [0.4, 0.5) is 0 Å². The zero-order chi connectivity index (χ0) is 20.8. The molecule has 1 saturated heterocycles. The number of likely N-dealkylation sites (tertiary alicyclic amines) is 1. The number of carbonyl (C=O) groups is 3. The molecule has 30 heavy (non-hydrogen) atoms. The molecule has 0 radical (unpaired) electrons. The fourth-order valence-corrected chi connectivity index (χ4v) is 6.17. The van der Waals surface area contributed by atoms with Gasteiger partial charge in [-0.15, -0.1) is 0 Å². The number of ketones is 2. The van der Waals surface area contributed by atoms with E-state index in [0.29, 0.717) is 11.4 Å². The van der Waals surface area contributed by atoms with Crippen LogP contribution in [-0.4, -0.2) is 28.4 Å². The maximum atomic E-state index is 13.5. The number of nitrogens with zero attached hydrogens (tertiary/aromatic N) is 1. The number of rotatable bonds is 3. The van der Waals surface area contributed by atoms with E-state index in [1.54, 1.807) is 0 Å². The van der Waals surface area contributed by atoms with E-state index in [1.807, 2.05) is 36.4 Å². The SMILES string of the molecule is O=C1C=CC(=O)[C@@H]2CC=C[C@H]([C@@H]3C(=O)N(C4CCCCC4)[C@@H]3c3ccc(Cl)cc3)[C@H]12. The number of hydrogen-bond acceptors (Lipinski definition) is 3. The van der Waals surface area contributed by atoms with E-state index in [1.165, 1.54) is 18.6 Å². The summed E-state index contributed by atoms with van der Waals surface area (Å²) in [5, 5.41) is 0.668. The first kappa shape index (κ1) is 19.7. The second-order valence-corrected chi connectivity index (χ2v) is 9.51.